The van der Waals surface area contributed by atoms with Crippen LogP contribution in [0.2, 0.25) is 0 Å². The van der Waals surface area contributed by atoms with Crippen molar-refractivity contribution in [3.05, 3.63) is 94.0 Å². The van der Waals surface area contributed by atoms with Crippen LogP contribution in [0.3, 0.4) is 0 Å². The van der Waals surface area contributed by atoms with Crippen LogP contribution < -0.4 is 9.47 Å². The van der Waals surface area contributed by atoms with Gasteiger partial charge in [0.2, 0.25) is 0 Å². The van der Waals surface area contributed by atoms with E-state index in [1.807, 2.05) is 60.7 Å². The summed E-state index contributed by atoms with van der Waals surface area (Å²) in [6.45, 7) is 0.612. The average molecular weight is 410 g/mol. The molecule has 3 rings (SSSR count). The number of rotatable bonds is 6. The summed E-state index contributed by atoms with van der Waals surface area (Å²) in [5.41, 5.74) is 4.20. The standard InChI is InChI=1S/C22H20BrNO2/c1-25-20-11-5-17(6-12-20)22(18-7-13-21(26-2)14-8-18)24-15-16-3-9-19(23)10-4-16/h3-14H,15H2,1-2H3. The van der Waals surface area contributed by atoms with Crippen molar-refractivity contribution in [1.82, 2.24) is 0 Å². The molecule has 0 bridgehead atoms. The fourth-order valence-electron chi connectivity index (χ4n) is 2.61. The fourth-order valence-corrected chi connectivity index (χ4v) is 2.87. The van der Waals surface area contributed by atoms with Crippen LogP contribution in [0.1, 0.15) is 16.7 Å². The molecule has 0 unspecified atom stereocenters. The first-order valence-electron chi connectivity index (χ1n) is 8.27. The van der Waals surface area contributed by atoms with Crippen LogP contribution in [-0.4, -0.2) is 19.9 Å². The number of nitrogens with zero attached hydrogens (tertiary/aromatic N) is 1. The van der Waals surface area contributed by atoms with Crippen molar-refractivity contribution >= 4 is 21.6 Å². The van der Waals surface area contributed by atoms with Gasteiger partial charge in [0.05, 0.1) is 26.5 Å². The lowest BCUT2D eigenvalue weighted by Gasteiger charge is -2.10. The SMILES string of the molecule is COc1ccc(C(=NCc2ccc(Br)cc2)c2ccc(OC)cc2)cc1. The van der Waals surface area contributed by atoms with E-state index in [9.17, 15) is 0 Å². The molecule has 0 amide bonds. The van der Waals surface area contributed by atoms with E-state index in [-0.39, 0.29) is 0 Å². The third kappa shape index (κ3) is 4.52. The molecule has 0 aromatic heterocycles. The third-order valence-corrected chi connectivity index (χ3v) is 4.59. The minimum atomic E-state index is 0.612. The maximum absolute atomic E-state index is 5.26. The monoisotopic (exact) mass is 409 g/mol. The largest absolute Gasteiger partial charge is 0.497 e. The number of hydrogen-bond donors (Lipinski definition) is 0. The molecular formula is C22H20BrNO2. The first-order valence-corrected chi connectivity index (χ1v) is 9.06. The maximum atomic E-state index is 5.26. The second-order valence-corrected chi connectivity index (χ2v) is 6.66. The van der Waals surface area contributed by atoms with Crippen LogP contribution in [0.5, 0.6) is 11.5 Å². The summed E-state index contributed by atoms with van der Waals surface area (Å²) in [5, 5.41) is 0. The number of benzene rings is 3. The average Bonchev–Trinajstić information content (AvgIpc) is 2.70. The normalized spacial score (nSPS) is 10.3. The van der Waals surface area contributed by atoms with Gasteiger partial charge < -0.3 is 9.47 Å². The summed E-state index contributed by atoms with van der Waals surface area (Å²) in [5.74, 6) is 1.66. The van der Waals surface area contributed by atoms with Gasteiger partial charge >= 0.3 is 0 Å². The molecule has 3 nitrogen and oxygen atoms in total. The van der Waals surface area contributed by atoms with Crippen LogP contribution in [0.15, 0.2) is 82.3 Å². The van der Waals surface area contributed by atoms with E-state index < -0.39 is 0 Å². The number of halogens is 1. The molecule has 3 aromatic rings. The predicted octanol–water partition coefficient (Wildman–Crippen LogP) is 5.50. The minimum Gasteiger partial charge on any atom is -0.497 e. The molecule has 0 fully saturated rings. The number of hydrogen-bond acceptors (Lipinski definition) is 3. The zero-order valence-electron chi connectivity index (χ0n) is 14.8. The molecule has 0 spiro atoms. The van der Waals surface area contributed by atoms with Gasteiger partial charge in [-0.15, -0.1) is 0 Å². The molecule has 3 aromatic carbocycles. The maximum Gasteiger partial charge on any atom is 0.118 e. The summed E-state index contributed by atoms with van der Waals surface area (Å²) in [7, 11) is 3.34. The van der Waals surface area contributed by atoms with Gasteiger partial charge in [0.25, 0.3) is 0 Å². The van der Waals surface area contributed by atoms with E-state index in [0.717, 1.165) is 38.4 Å². The van der Waals surface area contributed by atoms with Crippen LogP contribution in [0.4, 0.5) is 0 Å². The van der Waals surface area contributed by atoms with Gasteiger partial charge in [-0.05, 0) is 66.2 Å². The Bertz CT molecular complexity index is 820. The van der Waals surface area contributed by atoms with Crippen molar-refractivity contribution in [2.24, 2.45) is 4.99 Å². The van der Waals surface area contributed by atoms with Crippen molar-refractivity contribution in [3.63, 3.8) is 0 Å². The van der Waals surface area contributed by atoms with E-state index in [4.69, 9.17) is 14.5 Å². The van der Waals surface area contributed by atoms with Crippen LogP contribution in [0.25, 0.3) is 0 Å². The van der Waals surface area contributed by atoms with Crippen molar-refractivity contribution in [3.8, 4) is 11.5 Å². The highest BCUT2D eigenvalue weighted by Crippen LogP contribution is 2.19. The third-order valence-electron chi connectivity index (χ3n) is 4.06. The zero-order chi connectivity index (χ0) is 18.4. The number of ether oxygens (including phenoxy) is 2. The second-order valence-electron chi connectivity index (χ2n) is 5.75. The molecule has 0 aliphatic carbocycles. The van der Waals surface area contributed by atoms with Crippen LogP contribution in [-0.2, 0) is 6.54 Å². The Kier molecular flexibility index (Phi) is 6.08. The first-order chi connectivity index (χ1) is 12.7. The van der Waals surface area contributed by atoms with Gasteiger partial charge in [-0.3, -0.25) is 4.99 Å². The lowest BCUT2D eigenvalue weighted by atomic mass is 10.0. The molecule has 26 heavy (non-hydrogen) atoms. The molecule has 0 N–H and O–H groups in total. The first kappa shape index (κ1) is 18.2. The van der Waals surface area contributed by atoms with Gasteiger partial charge in [-0.2, -0.15) is 0 Å². The molecule has 0 aliphatic heterocycles. The fraction of sp³-hybridized carbons (Fsp3) is 0.136. The molecule has 4 heteroatoms. The molecule has 0 saturated heterocycles. The van der Waals surface area contributed by atoms with Crippen molar-refractivity contribution in [2.45, 2.75) is 6.54 Å². The molecule has 0 heterocycles. The Morgan fingerprint density at radius 3 is 1.62 bits per heavy atom. The molecule has 0 aliphatic rings. The van der Waals surface area contributed by atoms with Crippen LogP contribution >= 0.6 is 15.9 Å². The van der Waals surface area contributed by atoms with Crippen molar-refractivity contribution < 1.29 is 9.47 Å². The Hall–Kier alpha value is -2.59. The predicted molar refractivity (Wildman–Crippen MR) is 109 cm³/mol. The van der Waals surface area contributed by atoms with Gasteiger partial charge in [-0.25, -0.2) is 0 Å². The van der Waals surface area contributed by atoms with E-state index in [2.05, 4.69) is 28.1 Å². The van der Waals surface area contributed by atoms with Gasteiger partial charge in [-0.1, -0.05) is 28.1 Å². The highest BCUT2D eigenvalue weighted by atomic mass is 79.9. The zero-order valence-corrected chi connectivity index (χ0v) is 16.4. The number of aliphatic imine (C=N–C) groups is 1. The Morgan fingerprint density at radius 2 is 1.19 bits per heavy atom. The van der Waals surface area contributed by atoms with E-state index >= 15 is 0 Å². The molecular weight excluding hydrogens is 390 g/mol. The van der Waals surface area contributed by atoms with Crippen molar-refractivity contribution in [2.75, 3.05) is 14.2 Å². The van der Waals surface area contributed by atoms with E-state index in [1.165, 1.54) is 0 Å². The Morgan fingerprint density at radius 1 is 0.731 bits per heavy atom. The lowest BCUT2D eigenvalue weighted by molar-refractivity contribution is 0.414. The minimum absolute atomic E-state index is 0.612. The van der Waals surface area contributed by atoms with Crippen LogP contribution in [0, 0.1) is 0 Å². The molecule has 0 saturated carbocycles. The van der Waals surface area contributed by atoms with E-state index in [0.29, 0.717) is 6.54 Å². The summed E-state index contributed by atoms with van der Waals surface area (Å²) in [6.07, 6.45) is 0. The molecule has 0 atom stereocenters. The van der Waals surface area contributed by atoms with Gasteiger partial charge in [0.1, 0.15) is 11.5 Å². The van der Waals surface area contributed by atoms with E-state index in [1.54, 1.807) is 14.2 Å². The second kappa shape index (κ2) is 8.68. The highest BCUT2D eigenvalue weighted by molar-refractivity contribution is 9.10. The lowest BCUT2D eigenvalue weighted by Crippen LogP contribution is -2.04. The topological polar surface area (TPSA) is 30.8 Å². The van der Waals surface area contributed by atoms with Gasteiger partial charge in [0.15, 0.2) is 0 Å². The van der Waals surface area contributed by atoms with Crippen molar-refractivity contribution in [1.29, 1.82) is 0 Å². The Labute approximate surface area is 162 Å². The molecule has 0 radical (unpaired) electrons. The smallest absolute Gasteiger partial charge is 0.118 e. The number of methoxy groups -OCH3 is 2. The Balaban J connectivity index is 1.96. The summed E-state index contributed by atoms with van der Waals surface area (Å²) < 4.78 is 11.6. The summed E-state index contributed by atoms with van der Waals surface area (Å²) in [6, 6.07) is 24.2. The summed E-state index contributed by atoms with van der Waals surface area (Å²) in [4.78, 5) is 4.89. The van der Waals surface area contributed by atoms with Gasteiger partial charge in [0, 0.05) is 15.6 Å². The quantitative estimate of drug-likeness (QED) is 0.502. The summed E-state index contributed by atoms with van der Waals surface area (Å²) >= 11 is 3.47. The highest BCUT2D eigenvalue weighted by Gasteiger charge is 2.08. The molecule has 132 valence electrons.